The number of thiazole rings is 1. The van der Waals surface area contributed by atoms with E-state index in [9.17, 15) is 0 Å². The van der Waals surface area contributed by atoms with E-state index in [1.807, 2.05) is 0 Å². The van der Waals surface area contributed by atoms with Crippen molar-refractivity contribution in [3.8, 4) is 0 Å². The van der Waals surface area contributed by atoms with Crippen LogP contribution in [-0.2, 0) is 0 Å². The fourth-order valence-electron chi connectivity index (χ4n) is 2.96. The van der Waals surface area contributed by atoms with Gasteiger partial charge in [-0.25, -0.2) is 4.98 Å². The number of aromatic nitrogens is 1. The molecule has 1 unspecified atom stereocenters. The van der Waals surface area contributed by atoms with Crippen LogP contribution in [0.5, 0.6) is 0 Å². The van der Waals surface area contributed by atoms with Crippen LogP contribution >= 0.6 is 11.3 Å². The van der Waals surface area contributed by atoms with Gasteiger partial charge >= 0.3 is 0 Å². The number of anilines is 1. The highest BCUT2D eigenvalue weighted by molar-refractivity contribution is 7.13. The van der Waals surface area contributed by atoms with Crippen molar-refractivity contribution in [1.82, 2.24) is 10.3 Å². The largest absolute Gasteiger partial charge is 0.348 e. The molecule has 0 aromatic carbocycles. The molecular formula is C15H27N3S. The van der Waals surface area contributed by atoms with Crippen LogP contribution in [0.15, 0.2) is 5.38 Å². The number of nitrogens with zero attached hydrogens (tertiary/aromatic N) is 2. The summed E-state index contributed by atoms with van der Waals surface area (Å²) in [5, 5.41) is 6.85. The van der Waals surface area contributed by atoms with Crippen molar-refractivity contribution in [1.29, 1.82) is 0 Å². The van der Waals surface area contributed by atoms with E-state index in [0.717, 1.165) is 6.54 Å². The normalized spacial score (nSPS) is 19.9. The van der Waals surface area contributed by atoms with Crippen molar-refractivity contribution in [3.63, 3.8) is 0 Å². The van der Waals surface area contributed by atoms with Gasteiger partial charge in [0.05, 0.1) is 5.69 Å². The van der Waals surface area contributed by atoms with Crippen LogP contribution in [0.4, 0.5) is 5.13 Å². The summed E-state index contributed by atoms with van der Waals surface area (Å²) in [4.78, 5) is 7.31. The van der Waals surface area contributed by atoms with Gasteiger partial charge in [0.2, 0.25) is 0 Å². The molecule has 3 nitrogen and oxygen atoms in total. The van der Waals surface area contributed by atoms with Crippen molar-refractivity contribution in [3.05, 3.63) is 11.1 Å². The van der Waals surface area contributed by atoms with Gasteiger partial charge in [-0.2, -0.15) is 0 Å². The molecule has 0 aliphatic carbocycles. The summed E-state index contributed by atoms with van der Waals surface area (Å²) in [6, 6.07) is 0.361. The Bertz CT molecular complexity index is 398. The average molecular weight is 281 g/mol. The van der Waals surface area contributed by atoms with Crippen LogP contribution in [0, 0.1) is 5.41 Å². The Morgan fingerprint density at radius 2 is 2.16 bits per heavy atom. The Morgan fingerprint density at radius 3 is 2.74 bits per heavy atom. The van der Waals surface area contributed by atoms with Crippen LogP contribution in [0.1, 0.15) is 58.7 Å². The lowest BCUT2D eigenvalue weighted by atomic mass is 9.82. The summed E-state index contributed by atoms with van der Waals surface area (Å²) in [5.74, 6) is 0. The highest BCUT2D eigenvalue weighted by Crippen LogP contribution is 2.40. The van der Waals surface area contributed by atoms with Crippen LogP contribution in [0.2, 0.25) is 0 Å². The van der Waals surface area contributed by atoms with Gasteiger partial charge in [0.25, 0.3) is 0 Å². The van der Waals surface area contributed by atoms with Gasteiger partial charge in [-0.3, -0.25) is 0 Å². The lowest BCUT2D eigenvalue weighted by Gasteiger charge is -2.26. The molecule has 0 saturated carbocycles. The molecule has 1 saturated heterocycles. The fraction of sp³-hybridized carbons (Fsp3) is 0.800. The van der Waals surface area contributed by atoms with E-state index in [4.69, 9.17) is 4.98 Å². The predicted molar refractivity (Wildman–Crippen MR) is 84.1 cm³/mol. The van der Waals surface area contributed by atoms with Crippen molar-refractivity contribution >= 4 is 16.5 Å². The maximum atomic E-state index is 4.83. The third-order valence-electron chi connectivity index (χ3n) is 4.67. The summed E-state index contributed by atoms with van der Waals surface area (Å²) in [7, 11) is 0. The maximum absolute atomic E-state index is 4.83. The summed E-state index contributed by atoms with van der Waals surface area (Å²) in [6.07, 6.45) is 3.88. The van der Waals surface area contributed by atoms with Gasteiger partial charge in [0.1, 0.15) is 0 Å². The second-order valence-corrected chi connectivity index (χ2v) is 6.55. The monoisotopic (exact) mass is 281 g/mol. The van der Waals surface area contributed by atoms with Crippen molar-refractivity contribution in [2.45, 2.75) is 53.0 Å². The third kappa shape index (κ3) is 3.11. The molecule has 108 valence electrons. The molecule has 1 fully saturated rings. The molecule has 1 aliphatic rings. The second kappa shape index (κ2) is 6.23. The average Bonchev–Trinajstić information content (AvgIpc) is 3.06. The van der Waals surface area contributed by atoms with E-state index >= 15 is 0 Å². The second-order valence-electron chi connectivity index (χ2n) is 5.71. The lowest BCUT2D eigenvalue weighted by molar-refractivity contribution is 0.301. The molecule has 1 N–H and O–H groups in total. The minimum atomic E-state index is 0.361. The predicted octanol–water partition coefficient (Wildman–Crippen LogP) is 3.83. The van der Waals surface area contributed by atoms with Crippen molar-refractivity contribution in [2.24, 2.45) is 5.41 Å². The minimum Gasteiger partial charge on any atom is -0.348 e. The Balaban J connectivity index is 2.04. The quantitative estimate of drug-likeness (QED) is 0.859. The van der Waals surface area contributed by atoms with Gasteiger partial charge in [-0.1, -0.05) is 20.8 Å². The molecule has 0 amide bonds. The van der Waals surface area contributed by atoms with Crippen molar-refractivity contribution in [2.75, 3.05) is 24.5 Å². The summed E-state index contributed by atoms with van der Waals surface area (Å²) in [6.45, 7) is 12.3. The maximum Gasteiger partial charge on any atom is 0.185 e. The zero-order chi connectivity index (χ0) is 13.9. The number of hydrogen-bond acceptors (Lipinski definition) is 4. The first-order valence-electron chi connectivity index (χ1n) is 7.58. The summed E-state index contributed by atoms with van der Waals surface area (Å²) < 4.78 is 0. The molecule has 2 heterocycles. The van der Waals surface area contributed by atoms with E-state index in [0.29, 0.717) is 11.5 Å². The standard InChI is InChI=1S/C15H27N3S/c1-5-15(6-2)8-9-18(11-15)14-17-13(10-19-14)12(4)16-7-3/h10,12,16H,5-9,11H2,1-4H3. The SMILES string of the molecule is CCNC(C)c1csc(N2CCC(CC)(CC)C2)n1. The fourth-order valence-corrected chi connectivity index (χ4v) is 3.90. The topological polar surface area (TPSA) is 28.2 Å². The Hall–Kier alpha value is -0.610. The molecule has 19 heavy (non-hydrogen) atoms. The Kier molecular flexibility index (Phi) is 4.85. The third-order valence-corrected chi connectivity index (χ3v) is 5.59. The molecule has 0 bridgehead atoms. The van der Waals surface area contributed by atoms with Crippen LogP contribution < -0.4 is 10.2 Å². The first kappa shape index (κ1) is 14.8. The van der Waals surface area contributed by atoms with Gasteiger partial charge in [-0.15, -0.1) is 11.3 Å². The Labute approximate surface area is 121 Å². The first-order chi connectivity index (χ1) is 9.14. The molecule has 1 atom stereocenters. The van der Waals surface area contributed by atoms with E-state index in [-0.39, 0.29) is 0 Å². The van der Waals surface area contributed by atoms with Gasteiger partial charge in [0, 0.05) is 24.5 Å². The first-order valence-corrected chi connectivity index (χ1v) is 8.46. The number of hydrogen-bond donors (Lipinski definition) is 1. The zero-order valence-electron chi connectivity index (χ0n) is 12.7. The van der Waals surface area contributed by atoms with E-state index in [1.54, 1.807) is 11.3 Å². The molecule has 1 aromatic heterocycles. The van der Waals surface area contributed by atoms with Crippen LogP contribution in [-0.4, -0.2) is 24.6 Å². The minimum absolute atomic E-state index is 0.361. The smallest absolute Gasteiger partial charge is 0.185 e. The molecule has 1 aliphatic heterocycles. The van der Waals surface area contributed by atoms with Crippen molar-refractivity contribution < 1.29 is 0 Å². The highest BCUT2D eigenvalue weighted by Gasteiger charge is 2.35. The van der Waals surface area contributed by atoms with Gasteiger partial charge in [0.15, 0.2) is 5.13 Å². The number of nitrogens with one attached hydrogen (secondary N) is 1. The molecular weight excluding hydrogens is 254 g/mol. The molecule has 2 rings (SSSR count). The van der Waals surface area contributed by atoms with E-state index < -0.39 is 0 Å². The van der Waals surface area contributed by atoms with E-state index in [2.05, 4.69) is 43.3 Å². The van der Waals surface area contributed by atoms with Crippen LogP contribution in [0.25, 0.3) is 0 Å². The molecule has 0 spiro atoms. The number of rotatable bonds is 6. The summed E-state index contributed by atoms with van der Waals surface area (Å²) >= 11 is 1.80. The van der Waals surface area contributed by atoms with Gasteiger partial charge in [-0.05, 0) is 38.1 Å². The molecule has 1 aromatic rings. The zero-order valence-corrected chi connectivity index (χ0v) is 13.5. The highest BCUT2D eigenvalue weighted by atomic mass is 32.1. The molecule has 0 radical (unpaired) electrons. The summed E-state index contributed by atoms with van der Waals surface area (Å²) in [5.41, 5.74) is 1.71. The lowest BCUT2D eigenvalue weighted by Crippen LogP contribution is -2.26. The Morgan fingerprint density at radius 1 is 1.42 bits per heavy atom. The van der Waals surface area contributed by atoms with Gasteiger partial charge < -0.3 is 10.2 Å². The molecule has 4 heteroatoms. The van der Waals surface area contributed by atoms with E-state index in [1.165, 1.54) is 43.2 Å². The van der Waals surface area contributed by atoms with Crippen LogP contribution in [0.3, 0.4) is 0 Å².